The number of rotatable bonds is 5. The van der Waals surface area contributed by atoms with E-state index in [1.807, 2.05) is 0 Å². The van der Waals surface area contributed by atoms with Crippen molar-refractivity contribution in [2.45, 2.75) is 103 Å². The van der Waals surface area contributed by atoms with Crippen LogP contribution < -0.4 is 0 Å². The third-order valence-corrected chi connectivity index (χ3v) is 15.7. The van der Waals surface area contributed by atoms with Crippen LogP contribution in [0.3, 0.4) is 0 Å². The molecule has 1 rings (SSSR count). The van der Waals surface area contributed by atoms with Crippen LogP contribution >= 0.6 is 11.6 Å². The van der Waals surface area contributed by atoms with Crippen molar-refractivity contribution >= 4 is 28.2 Å². The molecule has 0 bridgehead atoms. The predicted molar refractivity (Wildman–Crippen MR) is 121 cm³/mol. The third-order valence-electron chi connectivity index (χ3n) is 6.56. The Morgan fingerprint density at radius 1 is 1.00 bits per heavy atom. The van der Waals surface area contributed by atoms with E-state index in [0.717, 1.165) is 18.4 Å². The maximum Gasteiger partial charge on any atom is 0.192 e. The molecule has 0 heterocycles. The van der Waals surface area contributed by atoms with Crippen LogP contribution in [0, 0.1) is 0 Å². The highest BCUT2D eigenvalue weighted by Crippen LogP contribution is 2.43. The molecule has 0 radical (unpaired) electrons. The van der Waals surface area contributed by atoms with Gasteiger partial charge in [-0.3, -0.25) is 0 Å². The van der Waals surface area contributed by atoms with Gasteiger partial charge in [-0.15, -0.1) is 11.6 Å². The van der Waals surface area contributed by atoms with Crippen molar-refractivity contribution in [2.75, 3.05) is 5.88 Å². The Labute approximate surface area is 169 Å². The zero-order chi connectivity index (χ0) is 20.6. The van der Waals surface area contributed by atoms with Crippen molar-refractivity contribution in [2.24, 2.45) is 0 Å². The number of halogens is 1. The van der Waals surface area contributed by atoms with Crippen LogP contribution in [0.15, 0.2) is 23.8 Å². The molecule has 0 aromatic rings. The zero-order valence-corrected chi connectivity index (χ0v) is 21.5. The highest BCUT2D eigenvalue weighted by atomic mass is 35.5. The molecule has 1 fully saturated rings. The lowest BCUT2D eigenvalue weighted by molar-refractivity contribution is 0.0969. The molecule has 0 aromatic carbocycles. The van der Waals surface area contributed by atoms with Gasteiger partial charge in [0.1, 0.15) is 0 Å². The van der Waals surface area contributed by atoms with Crippen LogP contribution in [0.1, 0.15) is 54.4 Å². The van der Waals surface area contributed by atoms with Crippen LogP contribution in [-0.2, 0) is 8.85 Å². The molecule has 1 saturated carbocycles. The summed E-state index contributed by atoms with van der Waals surface area (Å²) < 4.78 is 13.5. The summed E-state index contributed by atoms with van der Waals surface area (Å²) in [6.45, 7) is 27.4. The van der Waals surface area contributed by atoms with E-state index in [2.05, 4.69) is 80.4 Å². The van der Waals surface area contributed by atoms with Gasteiger partial charge in [0.05, 0.1) is 12.2 Å². The molecule has 5 heteroatoms. The summed E-state index contributed by atoms with van der Waals surface area (Å²) in [7, 11) is -3.70. The second-order valence-corrected chi connectivity index (χ2v) is 20.5. The maximum atomic E-state index is 6.75. The predicted octanol–water partition coefficient (Wildman–Crippen LogP) is 7.28. The molecule has 0 aromatic heterocycles. The van der Waals surface area contributed by atoms with Crippen molar-refractivity contribution in [1.82, 2.24) is 0 Å². The Bertz CT molecular complexity index is 539. The van der Waals surface area contributed by atoms with E-state index in [-0.39, 0.29) is 22.3 Å². The Morgan fingerprint density at radius 3 is 1.88 bits per heavy atom. The van der Waals surface area contributed by atoms with Gasteiger partial charge in [0.15, 0.2) is 16.6 Å². The van der Waals surface area contributed by atoms with Gasteiger partial charge in [-0.05, 0) is 53.8 Å². The molecule has 0 saturated heterocycles. The molecule has 0 aliphatic heterocycles. The fourth-order valence-electron chi connectivity index (χ4n) is 2.69. The lowest BCUT2D eigenvalue weighted by atomic mass is 9.86. The topological polar surface area (TPSA) is 18.5 Å². The van der Waals surface area contributed by atoms with Gasteiger partial charge >= 0.3 is 0 Å². The molecule has 2 nitrogen and oxygen atoms in total. The fraction of sp³-hybridized carbons (Fsp3) is 0.810. The average Bonchev–Trinajstić information content (AvgIpc) is 2.40. The quantitative estimate of drug-likeness (QED) is 0.346. The first-order valence-electron chi connectivity index (χ1n) is 9.81. The van der Waals surface area contributed by atoms with E-state index >= 15 is 0 Å². The molecule has 1 aliphatic rings. The highest BCUT2D eigenvalue weighted by molar-refractivity contribution is 6.74. The molecule has 0 N–H and O–H groups in total. The molecule has 152 valence electrons. The van der Waals surface area contributed by atoms with Crippen molar-refractivity contribution in [3.63, 3.8) is 0 Å². The smallest absolute Gasteiger partial charge is 0.192 e. The molecule has 1 aliphatic carbocycles. The first kappa shape index (κ1) is 24.2. The van der Waals surface area contributed by atoms with Crippen molar-refractivity contribution < 1.29 is 8.85 Å². The van der Waals surface area contributed by atoms with Crippen LogP contribution in [0.2, 0.25) is 36.3 Å². The minimum Gasteiger partial charge on any atom is -0.413 e. The van der Waals surface area contributed by atoms with Crippen LogP contribution in [0.4, 0.5) is 0 Å². The minimum absolute atomic E-state index is 0.0360. The Balaban J connectivity index is 3.08. The van der Waals surface area contributed by atoms with E-state index in [1.54, 1.807) is 0 Å². The van der Waals surface area contributed by atoms with Crippen LogP contribution in [0.5, 0.6) is 0 Å². The van der Waals surface area contributed by atoms with E-state index < -0.39 is 16.6 Å². The minimum atomic E-state index is -1.88. The van der Waals surface area contributed by atoms with E-state index in [0.29, 0.717) is 5.88 Å². The SMILES string of the molecule is C=C1/C(=C\CCl)C[C@@H](O[Si](C)(C)C(C)(C)C)C[C@H]1O[Si](C)(C)C(C)(C)C. The highest BCUT2D eigenvalue weighted by Gasteiger charge is 2.44. The van der Waals surface area contributed by atoms with Crippen LogP contribution in [0.25, 0.3) is 0 Å². The van der Waals surface area contributed by atoms with Crippen molar-refractivity contribution in [1.29, 1.82) is 0 Å². The summed E-state index contributed by atoms with van der Waals surface area (Å²) in [5.41, 5.74) is 2.32. The Morgan fingerprint density at radius 2 is 1.46 bits per heavy atom. The van der Waals surface area contributed by atoms with Gasteiger partial charge in [-0.25, -0.2) is 0 Å². The average molecular weight is 417 g/mol. The number of allylic oxidation sites excluding steroid dienone is 1. The van der Waals surface area contributed by atoms with E-state index in [4.69, 9.17) is 20.5 Å². The van der Waals surface area contributed by atoms with E-state index in [1.165, 1.54) is 5.57 Å². The van der Waals surface area contributed by atoms with Gasteiger partial charge in [0.2, 0.25) is 0 Å². The summed E-state index contributed by atoms with van der Waals surface area (Å²) in [6.07, 6.45) is 4.11. The Kier molecular flexibility index (Phi) is 7.66. The zero-order valence-electron chi connectivity index (χ0n) is 18.8. The van der Waals surface area contributed by atoms with Gasteiger partial charge in [0, 0.05) is 12.3 Å². The normalized spacial score (nSPS) is 25.0. The van der Waals surface area contributed by atoms with Gasteiger partial charge in [-0.1, -0.05) is 54.2 Å². The second kappa shape index (κ2) is 8.24. The maximum absolute atomic E-state index is 6.75. The largest absolute Gasteiger partial charge is 0.413 e. The fourth-order valence-corrected chi connectivity index (χ4v) is 5.55. The van der Waals surface area contributed by atoms with Gasteiger partial charge < -0.3 is 8.85 Å². The first-order chi connectivity index (χ1) is 11.5. The standard InChI is InChI=1S/C21H41ClO2Si2/c1-16-17(12-13-22)14-18(23-25(8,9)20(2,3)4)15-19(16)24-26(10,11)21(5,6)7/h12,18-19H,1,13-15H2,2-11H3/b17-12-/t18-,19-/m1/s1. The van der Waals surface area contributed by atoms with Crippen LogP contribution in [-0.4, -0.2) is 34.7 Å². The van der Waals surface area contributed by atoms with Crippen molar-refractivity contribution in [3.8, 4) is 0 Å². The summed E-state index contributed by atoms with van der Waals surface area (Å²) in [5.74, 6) is 0.508. The van der Waals surface area contributed by atoms with Crippen molar-refractivity contribution in [3.05, 3.63) is 23.8 Å². The molecule has 26 heavy (non-hydrogen) atoms. The Hall–Kier alpha value is 0.124. The first-order valence-corrected chi connectivity index (χ1v) is 16.2. The molecular weight excluding hydrogens is 376 g/mol. The lowest BCUT2D eigenvalue weighted by Gasteiger charge is -2.45. The number of hydrogen-bond donors (Lipinski definition) is 0. The molecule has 0 amide bonds. The second-order valence-electron chi connectivity index (χ2n) is 10.7. The molecule has 0 unspecified atom stereocenters. The lowest BCUT2D eigenvalue weighted by Crippen LogP contribution is -2.49. The van der Waals surface area contributed by atoms with Gasteiger partial charge in [0.25, 0.3) is 0 Å². The monoisotopic (exact) mass is 416 g/mol. The summed E-state index contributed by atoms with van der Waals surface area (Å²) >= 11 is 6.03. The summed E-state index contributed by atoms with van der Waals surface area (Å²) in [5, 5.41) is 0.379. The molecule has 0 spiro atoms. The number of hydrogen-bond acceptors (Lipinski definition) is 2. The molecular formula is C21H41ClO2Si2. The summed E-state index contributed by atoms with van der Waals surface area (Å²) in [6, 6.07) is 0. The molecule has 2 atom stereocenters. The summed E-state index contributed by atoms with van der Waals surface area (Å²) in [4.78, 5) is 0. The van der Waals surface area contributed by atoms with Gasteiger partial charge in [-0.2, -0.15) is 0 Å². The third kappa shape index (κ3) is 5.81. The number of alkyl halides is 1. The van der Waals surface area contributed by atoms with E-state index in [9.17, 15) is 0 Å².